The van der Waals surface area contributed by atoms with Gasteiger partial charge in [-0.2, -0.15) is 18.3 Å². The zero-order valence-electron chi connectivity index (χ0n) is 14.7. The number of alkyl halides is 3. The molecule has 2 aromatic heterocycles. The summed E-state index contributed by atoms with van der Waals surface area (Å²) >= 11 is 0. The molecule has 6 rings (SSSR count). The molecule has 26 heavy (non-hydrogen) atoms. The van der Waals surface area contributed by atoms with Gasteiger partial charge in [-0.3, -0.25) is 4.68 Å². The Hall–Kier alpha value is -2.05. The molecule has 4 aliphatic carbocycles. The van der Waals surface area contributed by atoms with Gasteiger partial charge in [0.1, 0.15) is 5.82 Å². The Morgan fingerprint density at radius 3 is 2.58 bits per heavy atom. The standard InChI is InChI=1S/C19H21F3N4/c1-3-9(2)26-15(18-11-4-5-12(18)16(11)18)7-14(25-26)10-6-13(19(20,21)22)17(23)24-8-10/h6-9,11-12,16H,3-5H2,1-2H3,(H2,23,24). The van der Waals surface area contributed by atoms with Gasteiger partial charge in [0.2, 0.25) is 0 Å². The van der Waals surface area contributed by atoms with E-state index in [-0.39, 0.29) is 11.5 Å². The molecule has 3 atom stereocenters. The summed E-state index contributed by atoms with van der Waals surface area (Å²) in [5.41, 5.74) is 6.94. The Morgan fingerprint density at radius 1 is 1.31 bits per heavy atom. The summed E-state index contributed by atoms with van der Waals surface area (Å²) in [5, 5.41) is 4.70. The van der Waals surface area contributed by atoms with E-state index in [1.165, 1.54) is 24.7 Å². The molecule has 2 heterocycles. The summed E-state index contributed by atoms with van der Waals surface area (Å²) < 4.78 is 41.6. The number of fused-ring (bicyclic) bond motifs is 1. The molecule has 0 amide bonds. The van der Waals surface area contributed by atoms with Crippen molar-refractivity contribution in [1.82, 2.24) is 14.8 Å². The van der Waals surface area contributed by atoms with E-state index in [1.54, 1.807) is 0 Å². The Balaban J connectivity index is 1.60. The van der Waals surface area contributed by atoms with Gasteiger partial charge in [0.15, 0.2) is 0 Å². The number of halogens is 3. The molecule has 4 saturated carbocycles. The number of nitrogens with zero attached hydrogens (tertiary/aromatic N) is 3. The molecule has 2 N–H and O–H groups in total. The van der Waals surface area contributed by atoms with E-state index in [2.05, 4.69) is 23.5 Å². The predicted octanol–water partition coefficient (Wildman–Crippen LogP) is 4.42. The molecule has 2 aromatic rings. The van der Waals surface area contributed by atoms with Crippen molar-refractivity contribution in [2.45, 2.75) is 50.7 Å². The second kappa shape index (κ2) is 4.81. The van der Waals surface area contributed by atoms with E-state index in [1.807, 2.05) is 6.07 Å². The molecule has 0 radical (unpaired) electrons. The molecule has 2 bridgehead atoms. The summed E-state index contributed by atoms with van der Waals surface area (Å²) in [6.45, 7) is 4.22. The van der Waals surface area contributed by atoms with Gasteiger partial charge in [-0.25, -0.2) is 4.98 Å². The van der Waals surface area contributed by atoms with Crippen molar-refractivity contribution in [3.8, 4) is 11.3 Å². The number of nitrogens with two attached hydrogens (primary N) is 1. The zero-order valence-corrected chi connectivity index (χ0v) is 14.7. The molecule has 4 nitrogen and oxygen atoms in total. The summed E-state index contributed by atoms with van der Waals surface area (Å²) in [7, 11) is 0. The number of aromatic nitrogens is 3. The fourth-order valence-electron chi connectivity index (χ4n) is 5.42. The van der Waals surface area contributed by atoms with Crippen LogP contribution in [0.4, 0.5) is 19.0 Å². The summed E-state index contributed by atoms with van der Waals surface area (Å²) in [5.74, 6) is 1.80. The Bertz CT molecular complexity index is 879. The molecule has 0 aromatic carbocycles. The minimum Gasteiger partial charge on any atom is -0.383 e. The summed E-state index contributed by atoms with van der Waals surface area (Å²) in [6.07, 6.45) is 0.347. The molecule has 4 fully saturated rings. The third-order valence-corrected chi connectivity index (χ3v) is 6.92. The van der Waals surface area contributed by atoms with Crippen LogP contribution in [0.5, 0.6) is 0 Å². The fraction of sp³-hybridized carbons (Fsp3) is 0.579. The first-order valence-electron chi connectivity index (χ1n) is 9.23. The van der Waals surface area contributed by atoms with Gasteiger partial charge in [-0.05, 0) is 56.1 Å². The van der Waals surface area contributed by atoms with Crippen molar-refractivity contribution in [1.29, 1.82) is 0 Å². The lowest BCUT2D eigenvalue weighted by atomic mass is 10.0. The molecule has 138 valence electrons. The normalized spacial score (nSPS) is 32.4. The monoisotopic (exact) mass is 362 g/mol. The van der Waals surface area contributed by atoms with Gasteiger partial charge in [0.25, 0.3) is 0 Å². The number of nitrogen functional groups attached to an aromatic ring is 1. The van der Waals surface area contributed by atoms with Gasteiger partial charge in [0.05, 0.1) is 11.3 Å². The van der Waals surface area contributed by atoms with Crippen molar-refractivity contribution in [2.24, 2.45) is 17.8 Å². The smallest absolute Gasteiger partial charge is 0.383 e. The van der Waals surface area contributed by atoms with Gasteiger partial charge in [-0.15, -0.1) is 0 Å². The average molecular weight is 362 g/mol. The van der Waals surface area contributed by atoms with Gasteiger partial charge < -0.3 is 5.73 Å². The Kier molecular flexibility index (Phi) is 2.99. The molecule has 3 unspecified atom stereocenters. The average Bonchev–Trinajstić information content (AvgIpc) is 3.14. The maximum atomic E-state index is 13.2. The van der Waals surface area contributed by atoms with Crippen LogP contribution in [0.3, 0.4) is 0 Å². The molecule has 0 aliphatic heterocycles. The van der Waals surface area contributed by atoms with Gasteiger partial charge in [-0.1, -0.05) is 6.92 Å². The first-order valence-corrected chi connectivity index (χ1v) is 9.23. The van der Waals surface area contributed by atoms with E-state index >= 15 is 0 Å². The number of anilines is 1. The lowest BCUT2D eigenvalue weighted by Crippen LogP contribution is -2.15. The van der Waals surface area contributed by atoms with Crippen molar-refractivity contribution in [3.05, 3.63) is 29.6 Å². The van der Waals surface area contributed by atoms with Crippen LogP contribution in [0.2, 0.25) is 0 Å². The van der Waals surface area contributed by atoms with Crippen LogP contribution in [0.1, 0.15) is 50.4 Å². The maximum absolute atomic E-state index is 13.2. The minimum absolute atomic E-state index is 0.221. The van der Waals surface area contributed by atoms with Crippen molar-refractivity contribution < 1.29 is 13.2 Å². The first-order chi connectivity index (χ1) is 12.3. The number of hydrogen-bond acceptors (Lipinski definition) is 3. The molecule has 0 spiro atoms. The van der Waals surface area contributed by atoms with E-state index in [0.29, 0.717) is 11.3 Å². The maximum Gasteiger partial charge on any atom is 0.419 e. The van der Waals surface area contributed by atoms with Crippen LogP contribution >= 0.6 is 0 Å². The highest BCUT2D eigenvalue weighted by molar-refractivity contribution is 5.65. The lowest BCUT2D eigenvalue weighted by molar-refractivity contribution is -0.137. The van der Waals surface area contributed by atoms with Crippen LogP contribution in [0.25, 0.3) is 11.3 Å². The number of hydrogen-bond donors (Lipinski definition) is 1. The van der Waals surface area contributed by atoms with Gasteiger partial charge >= 0.3 is 6.18 Å². The van der Waals surface area contributed by atoms with Crippen molar-refractivity contribution >= 4 is 5.82 Å². The molecular weight excluding hydrogens is 341 g/mol. The quantitative estimate of drug-likeness (QED) is 0.876. The first kappa shape index (κ1) is 16.1. The second-order valence-corrected chi connectivity index (χ2v) is 8.02. The Labute approximate surface area is 149 Å². The second-order valence-electron chi connectivity index (χ2n) is 8.02. The number of rotatable bonds is 4. The largest absolute Gasteiger partial charge is 0.419 e. The SMILES string of the molecule is CCC(C)n1nc(-c2cnc(N)c(C(F)(F)F)c2)cc1C12C3CCC1C32. The third kappa shape index (κ3) is 1.86. The molecular formula is C19H21F3N4. The van der Waals surface area contributed by atoms with E-state index in [9.17, 15) is 13.2 Å². The topological polar surface area (TPSA) is 56.7 Å². The summed E-state index contributed by atoms with van der Waals surface area (Å²) in [6, 6.07) is 3.29. The summed E-state index contributed by atoms with van der Waals surface area (Å²) in [4.78, 5) is 3.76. The highest BCUT2D eigenvalue weighted by atomic mass is 19.4. The molecule has 4 aliphatic rings. The van der Waals surface area contributed by atoms with Crippen LogP contribution in [0, 0.1) is 17.8 Å². The Morgan fingerprint density at radius 2 is 2.00 bits per heavy atom. The predicted molar refractivity (Wildman–Crippen MR) is 91.3 cm³/mol. The van der Waals surface area contributed by atoms with E-state index in [0.717, 1.165) is 30.2 Å². The highest BCUT2D eigenvalue weighted by Gasteiger charge is 2.90. The molecule has 0 saturated heterocycles. The van der Waals surface area contributed by atoms with Crippen LogP contribution in [-0.4, -0.2) is 14.8 Å². The third-order valence-electron chi connectivity index (χ3n) is 6.92. The van der Waals surface area contributed by atoms with E-state index < -0.39 is 17.6 Å². The van der Waals surface area contributed by atoms with Crippen molar-refractivity contribution in [3.63, 3.8) is 0 Å². The number of pyridine rings is 1. The van der Waals surface area contributed by atoms with E-state index in [4.69, 9.17) is 10.8 Å². The van der Waals surface area contributed by atoms with Crippen LogP contribution in [0.15, 0.2) is 18.3 Å². The fourth-order valence-corrected chi connectivity index (χ4v) is 5.42. The van der Waals surface area contributed by atoms with Crippen molar-refractivity contribution in [2.75, 3.05) is 5.73 Å². The highest BCUT2D eigenvalue weighted by Crippen LogP contribution is 2.91. The molecule has 7 heteroatoms. The van der Waals surface area contributed by atoms with Crippen LogP contribution < -0.4 is 5.73 Å². The zero-order chi connectivity index (χ0) is 18.4. The lowest BCUT2D eigenvalue weighted by Gasteiger charge is -2.17. The van der Waals surface area contributed by atoms with Crippen LogP contribution in [-0.2, 0) is 11.6 Å². The van der Waals surface area contributed by atoms with Gasteiger partial charge in [0, 0.05) is 28.9 Å². The minimum atomic E-state index is -4.52.